The highest BCUT2D eigenvalue weighted by Crippen LogP contribution is 2.43. The highest BCUT2D eigenvalue weighted by atomic mass is 19.4. The third-order valence-corrected chi connectivity index (χ3v) is 4.41. The molecule has 0 aliphatic heterocycles. The molecule has 6 heteroatoms. The normalized spacial score (nSPS) is 17.1. The van der Waals surface area contributed by atoms with E-state index in [-0.39, 0.29) is 16.7 Å². The summed E-state index contributed by atoms with van der Waals surface area (Å²) in [7, 11) is 0. The van der Waals surface area contributed by atoms with Crippen LogP contribution in [0, 0.1) is 5.41 Å². The first-order chi connectivity index (χ1) is 9.77. The number of nitrogens with two attached hydrogens (primary N) is 1. The molecular formula is C15H19F3N2O. The van der Waals surface area contributed by atoms with E-state index in [1.54, 1.807) is 0 Å². The molecule has 1 aliphatic rings. The van der Waals surface area contributed by atoms with Gasteiger partial charge >= 0.3 is 6.18 Å². The number of anilines is 1. The fraction of sp³-hybridized carbons (Fsp3) is 0.533. The second-order valence-electron chi connectivity index (χ2n) is 5.69. The molecule has 1 fully saturated rings. The Morgan fingerprint density at radius 2 is 2.05 bits per heavy atom. The van der Waals surface area contributed by atoms with Crippen molar-refractivity contribution in [2.24, 2.45) is 5.41 Å². The standard InChI is InChI=1S/C15H19F3N2O/c1-2-14(6-3-7-14)9-20-13(21)11-8-10(15(16,17)18)4-5-12(11)19/h4-5,8H,2-3,6-7,9,19H2,1H3,(H,20,21). The number of nitrogens with one attached hydrogen (secondary N) is 1. The van der Waals surface area contributed by atoms with Gasteiger partial charge in [0.15, 0.2) is 0 Å². The third-order valence-electron chi connectivity index (χ3n) is 4.41. The molecule has 1 aliphatic carbocycles. The lowest BCUT2D eigenvalue weighted by Gasteiger charge is -2.41. The number of rotatable bonds is 4. The molecule has 0 radical (unpaired) electrons. The quantitative estimate of drug-likeness (QED) is 0.835. The van der Waals surface area contributed by atoms with Crippen LogP contribution in [0.4, 0.5) is 18.9 Å². The Morgan fingerprint density at radius 3 is 2.52 bits per heavy atom. The van der Waals surface area contributed by atoms with Crippen LogP contribution in [0.5, 0.6) is 0 Å². The van der Waals surface area contributed by atoms with E-state index in [9.17, 15) is 18.0 Å². The predicted molar refractivity (Wildman–Crippen MR) is 74.8 cm³/mol. The monoisotopic (exact) mass is 300 g/mol. The van der Waals surface area contributed by atoms with Gasteiger partial charge in [-0.2, -0.15) is 13.2 Å². The zero-order valence-corrected chi connectivity index (χ0v) is 11.9. The van der Waals surface area contributed by atoms with Gasteiger partial charge in [-0.25, -0.2) is 0 Å². The maximum atomic E-state index is 12.7. The number of benzene rings is 1. The maximum Gasteiger partial charge on any atom is 0.416 e. The van der Waals surface area contributed by atoms with Gasteiger partial charge in [-0.1, -0.05) is 13.3 Å². The minimum Gasteiger partial charge on any atom is -0.398 e. The van der Waals surface area contributed by atoms with Gasteiger partial charge in [0.25, 0.3) is 5.91 Å². The van der Waals surface area contributed by atoms with Crippen molar-refractivity contribution in [1.82, 2.24) is 5.32 Å². The molecular weight excluding hydrogens is 281 g/mol. The molecule has 2 rings (SSSR count). The minimum absolute atomic E-state index is 0.0552. The largest absolute Gasteiger partial charge is 0.416 e. The summed E-state index contributed by atoms with van der Waals surface area (Å²) in [4.78, 5) is 12.1. The summed E-state index contributed by atoms with van der Waals surface area (Å²) < 4.78 is 38.1. The van der Waals surface area contributed by atoms with Crippen LogP contribution in [0.15, 0.2) is 18.2 Å². The van der Waals surface area contributed by atoms with Crippen LogP contribution in [0.2, 0.25) is 0 Å². The molecule has 1 aromatic rings. The summed E-state index contributed by atoms with van der Waals surface area (Å²) in [6, 6.07) is 2.81. The zero-order valence-electron chi connectivity index (χ0n) is 11.9. The van der Waals surface area contributed by atoms with Crippen LogP contribution >= 0.6 is 0 Å². The smallest absolute Gasteiger partial charge is 0.398 e. The van der Waals surface area contributed by atoms with Crippen LogP contribution in [0.1, 0.15) is 48.5 Å². The number of carbonyl (C=O) groups is 1. The summed E-state index contributed by atoms with van der Waals surface area (Å²) in [6.45, 7) is 2.54. The minimum atomic E-state index is -4.48. The number of carbonyl (C=O) groups excluding carboxylic acids is 1. The summed E-state index contributed by atoms with van der Waals surface area (Å²) in [6.07, 6.45) is -0.314. The van der Waals surface area contributed by atoms with Crippen molar-refractivity contribution >= 4 is 11.6 Å². The topological polar surface area (TPSA) is 55.1 Å². The average molecular weight is 300 g/mol. The van der Waals surface area contributed by atoms with Gasteiger partial charge in [-0.15, -0.1) is 0 Å². The number of hydrogen-bond donors (Lipinski definition) is 2. The first-order valence-corrected chi connectivity index (χ1v) is 7.02. The summed E-state index contributed by atoms with van der Waals surface area (Å²) >= 11 is 0. The lowest BCUT2D eigenvalue weighted by molar-refractivity contribution is -0.137. The summed E-state index contributed by atoms with van der Waals surface area (Å²) in [5.74, 6) is -0.543. The molecule has 0 heterocycles. The molecule has 3 nitrogen and oxygen atoms in total. The zero-order chi connectivity index (χ0) is 15.7. The molecule has 0 saturated heterocycles. The van der Waals surface area contributed by atoms with Crippen LogP contribution in [-0.2, 0) is 6.18 Å². The van der Waals surface area contributed by atoms with Crippen molar-refractivity contribution in [2.75, 3.05) is 12.3 Å². The number of alkyl halides is 3. The molecule has 0 aromatic heterocycles. The first kappa shape index (κ1) is 15.7. The van der Waals surface area contributed by atoms with Crippen molar-refractivity contribution < 1.29 is 18.0 Å². The molecule has 0 bridgehead atoms. The van der Waals surface area contributed by atoms with Gasteiger partial charge in [0.05, 0.1) is 11.1 Å². The van der Waals surface area contributed by atoms with Gasteiger partial charge in [-0.05, 0) is 42.9 Å². The van der Waals surface area contributed by atoms with E-state index in [0.717, 1.165) is 43.9 Å². The molecule has 116 valence electrons. The fourth-order valence-electron chi connectivity index (χ4n) is 2.62. The maximum absolute atomic E-state index is 12.7. The van der Waals surface area contributed by atoms with E-state index >= 15 is 0 Å². The number of nitrogen functional groups attached to an aromatic ring is 1. The summed E-state index contributed by atoms with van der Waals surface area (Å²) in [5, 5.41) is 2.73. The molecule has 3 N–H and O–H groups in total. The Hall–Kier alpha value is -1.72. The molecule has 1 amide bonds. The van der Waals surface area contributed by atoms with E-state index in [4.69, 9.17) is 5.73 Å². The molecule has 0 spiro atoms. The second kappa shape index (κ2) is 5.58. The molecule has 1 saturated carbocycles. The van der Waals surface area contributed by atoms with Crippen LogP contribution in [-0.4, -0.2) is 12.5 Å². The lowest BCUT2D eigenvalue weighted by Crippen LogP contribution is -2.41. The molecule has 0 atom stereocenters. The van der Waals surface area contributed by atoms with Gasteiger partial charge in [0.2, 0.25) is 0 Å². The molecule has 1 aromatic carbocycles. The van der Waals surface area contributed by atoms with Gasteiger partial charge in [0, 0.05) is 12.2 Å². The third kappa shape index (κ3) is 3.31. The molecule has 21 heavy (non-hydrogen) atoms. The Balaban J connectivity index is 2.11. The van der Waals surface area contributed by atoms with Gasteiger partial charge in [-0.3, -0.25) is 4.79 Å². The van der Waals surface area contributed by atoms with Crippen molar-refractivity contribution in [3.63, 3.8) is 0 Å². The Morgan fingerprint density at radius 1 is 1.38 bits per heavy atom. The number of hydrogen-bond acceptors (Lipinski definition) is 2. The highest BCUT2D eigenvalue weighted by molar-refractivity contribution is 5.99. The Bertz CT molecular complexity index is 531. The SMILES string of the molecule is CCC1(CNC(=O)c2cc(C(F)(F)F)ccc2N)CCC1. The van der Waals surface area contributed by atoms with Crippen molar-refractivity contribution in [3.05, 3.63) is 29.3 Å². The molecule has 0 unspecified atom stereocenters. The number of amides is 1. The fourth-order valence-corrected chi connectivity index (χ4v) is 2.62. The number of halogens is 3. The van der Waals surface area contributed by atoms with Gasteiger partial charge < -0.3 is 11.1 Å². The Kier molecular flexibility index (Phi) is 4.16. The van der Waals surface area contributed by atoms with Crippen molar-refractivity contribution in [1.29, 1.82) is 0 Å². The van der Waals surface area contributed by atoms with Crippen LogP contribution in [0.25, 0.3) is 0 Å². The van der Waals surface area contributed by atoms with E-state index < -0.39 is 17.6 Å². The van der Waals surface area contributed by atoms with E-state index in [2.05, 4.69) is 12.2 Å². The Labute approximate surface area is 121 Å². The van der Waals surface area contributed by atoms with E-state index in [1.165, 1.54) is 0 Å². The van der Waals surface area contributed by atoms with Gasteiger partial charge in [0.1, 0.15) is 0 Å². The second-order valence-corrected chi connectivity index (χ2v) is 5.69. The van der Waals surface area contributed by atoms with Crippen molar-refractivity contribution in [3.8, 4) is 0 Å². The van der Waals surface area contributed by atoms with Crippen LogP contribution < -0.4 is 11.1 Å². The lowest BCUT2D eigenvalue weighted by atomic mass is 9.67. The first-order valence-electron chi connectivity index (χ1n) is 7.02. The van der Waals surface area contributed by atoms with Crippen molar-refractivity contribution in [2.45, 2.75) is 38.8 Å². The van der Waals surface area contributed by atoms with E-state index in [1.807, 2.05) is 0 Å². The van der Waals surface area contributed by atoms with E-state index in [0.29, 0.717) is 6.54 Å². The average Bonchev–Trinajstić information content (AvgIpc) is 2.36. The highest BCUT2D eigenvalue weighted by Gasteiger charge is 2.36. The predicted octanol–water partition coefficient (Wildman–Crippen LogP) is 3.60. The van der Waals surface area contributed by atoms with Crippen LogP contribution in [0.3, 0.4) is 0 Å². The summed E-state index contributed by atoms with van der Waals surface area (Å²) in [5.41, 5.74) is 4.80.